The van der Waals surface area contributed by atoms with Crippen LogP contribution in [-0.2, 0) is 0 Å². The summed E-state index contributed by atoms with van der Waals surface area (Å²) in [5.41, 5.74) is 1.12. The molecule has 1 aliphatic carbocycles. The van der Waals surface area contributed by atoms with Gasteiger partial charge < -0.3 is 0 Å². The van der Waals surface area contributed by atoms with E-state index in [4.69, 9.17) is 0 Å². The summed E-state index contributed by atoms with van der Waals surface area (Å²) in [5.74, 6) is 0.0196. The number of nitrogens with one attached hydrogen (secondary N) is 1. The van der Waals surface area contributed by atoms with Crippen molar-refractivity contribution >= 4 is 11.9 Å². The van der Waals surface area contributed by atoms with Crippen LogP contribution < -0.4 is 4.72 Å². The molecule has 1 aliphatic rings. The molecule has 0 heterocycles. The van der Waals surface area contributed by atoms with Crippen molar-refractivity contribution in [3.8, 4) is 0 Å². The normalized spacial score (nSPS) is 17.0. The molecule has 1 atom stereocenters. The fourth-order valence-electron chi connectivity index (χ4n) is 1.76. The van der Waals surface area contributed by atoms with Gasteiger partial charge in [0.1, 0.15) is 5.83 Å². The largest absolute Gasteiger partial charge is 0.256 e. The lowest BCUT2D eigenvalue weighted by Gasteiger charge is -2.26. The number of rotatable bonds is 5. The third-order valence-electron chi connectivity index (χ3n) is 2.57. The minimum atomic E-state index is 0.0196. The predicted molar refractivity (Wildman–Crippen MR) is 87.0 cm³/mol. The quantitative estimate of drug-likeness (QED) is 0.642. The Morgan fingerprint density at radius 1 is 1.37 bits per heavy atom. The molecule has 0 radical (unpaired) electrons. The van der Waals surface area contributed by atoms with E-state index < -0.39 is 0 Å². The second-order valence-electron chi connectivity index (χ2n) is 5.51. The summed E-state index contributed by atoms with van der Waals surface area (Å²) in [6.45, 7) is 12.7. The van der Waals surface area contributed by atoms with Gasteiger partial charge in [-0.3, -0.25) is 4.72 Å². The fraction of sp³-hybridized carbons (Fsp3) is 0.750. The van der Waals surface area contributed by atoms with Gasteiger partial charge >= 0.3 is 0 Å². The fourth-order valence-corrected chi connectivity index (χ4v) is 2.51. The summed E-state index contributed by atoms with van der Waals surface area (Å²) < 4.78 is 17.0. The van der Waals surface area contributed by atoms with Crippen LogP contribution in [0.15, 0.2) is 23.6 Å². The molecule has 0 saturated carbocycles. The van der Waals surface area contributed by atoms with Gasteiger partial charge in [-0.25, -0.2) is 4.39 Å². The molecule has 0 aromatic heterocycles. The van der Waals surface area contributed by atoms with Gasteiger partial charge in [0.15, 0.2) is 0 Å². The van der Waals surface area contributed by atoms with Crippen molar-refractivity contribution in [2.45, 2.75) is 78.0 Å². The standard InChI is InChI=1S/C14H24FNS.C2H6/c1-5-7-13(16-17-14(2,3)4)11-8-6-9-12(15)10-11;1-2/h8,10,13,16H,5-7,9H2,1-4H3;1-2H3. The van der Waals surface area contributed by atoms with E-state index in [-0.39, 0.29) is 16.6 Å². The van der Waals surface area contributed by atoms with Crippen LogP contribution in [0.25, 0.3) is 0 Å². The van der Waals surface area contributed by atoms with Gasteiger partial charge in [-0.2, -0.15) is 0 Å². The summed E-state index contributed by atoms with van der Waals surface area (Å²) in [4.78, 5) is 0. The second kappa shape index (κ2) is 9.60. The first-order valence-electron chi connectivity index (χ1n) is 7.42. The van der Waals surface area contributed by atoms with E-state index in [2.05, 4.69) is 38.5 Å². The first-order chi connectivity index (χ1) is 8.92. The van der Waals surface area contributed by atoms with Gasteiger partial charge in [0.05, 0.1) is 0 Å². The van der Waals surface area contributed by atoms with E-state index in [1.807, 2.05) is 13.8 Å². The number of halogens is 1. The summed E-state index contributed by atoms with van der Waals surface area (Å²) in [6, 6.07) is 0.273. The highest BCUT2D eigenvalue weighted by Crippen LogP contribution is 2.26. The van der Waals surface area contributed by atoms with Crippen LogP contribution >= 0.6 is 11.9 Å². The van der Waals surface area contributed by atoms with Crippen molar-refractivity contribution < 1.29 is 4.39 Å². The molecule has 0 amide bonds. The molecule has 0 aliphatic heterocycles. The molecule has 19 heavy (non-hydrogen) atoms. The molecular weight excluding hydrogens is 257 g/mol. The molecule has 0 bridgehead atoms. The van der Waals surface area contributed by atoms with Crippen molar-refractivity contribution in [1.29, 1.82) is 0 Å². The monoisotopic (exact) mass is 287 g/mol. The molecule has 112 valence electrons. The smallest absolute Gasteiger partial charge is 0.101 e. The lowest BCUT2D eigenvalue weighted by Crippen LogP contribution is -2.29. The second-order valence-corrected chi connectivity index (χ2v) is 7.17. The average molecular weight is 287 g/mol. The molecule has 0 aromatic carbocycles. The van der Waals surface area contributed by atoms with E-state index in [1.165, 1.54) is 0 Å². The highest BCUT2D eigenvalue weighted by molar-refractivity contribution is 7.98. The minimum Gasteiger partial charge on any atom is -0.256 e. The topological polar surface area (TPSA) is 12.0 Å². The van der Waals surface area contributed by atoms with Crippen LogP contribution in [0.2, 0.25) is 0 Å². The Morgan fingerprint density at radius 2 is 2.00 bits per heavy atom. The Hall–Kier alpha value is -0.280. The SMILES string of the molecule is CC.CCCC(NSC(C)(C)C)C1=CCCC(F)=C1. The summed E-state index contributed by atoms with van der Waals surface area (Å²) in [7, 11) is 0. The number of hydrogen-bond donors (Lipinski definition) is 1. The Morgan fingerprint density at radius 3 is 2.47 bits per heavy atom. The van der Waals surface area contributed by atoms with Crippen LogP contribution in [0.3, 0.4) is 0 Å². The maximum atomic E-state index is 13.3. The Labute approximate surface area is 123 Å². The first-order valence-corrected chi connectivity index (χ1v) is 8.23. The molecule has 1 rings (SSSR count). The van der Waals surface area contributed by atoms with Gasteiger partial charge in [0, 0.05) is 17.2 Å². The molecule has 1 unspecified atom stereocenters. The molecule has 0 saturated heterocycles. The molecule has 0 aromatic rings. The zero-order valence-corrected chi connectivity index (χ0v) is 14.2. The Kier molecular flexibility index (Phi) is 9.46. The number of allylic oxidation sites excluding steroid dienone is 2. The van der Waals surface area contributed by atoms with E-state index in [9.17, 15) is 4.39 Å². The van der Waals surface area contributed by atoms with Gasteiger partial charge in [-0.15, -0.1) is 0 Å². The third-order valence-corrected chi connectivity index (χ3v) is 3.59. The molecule has 3 heteroatoms. The van der Waals surface area contributed by atoms with Crippen LogP contribution in [0.1, 0.15) is 67.2 Å². The van der Waals surface area contributed by atoms with Crippen LogP contribution in [0.5, 0.6) is 0 Å². The summed E-state index contributed by atoms with van der Waals surface area (Å²) in [5, 5.41) is 0. The molecule has 0 fully saturated rings. The predicted octanol–water partition coefficient (Wildman–Crippen LogP) is 5.79. The van der Waals surface area contributed by atoms with Crippen LogP contribution in [0.4, 0.5) is 4.39 Å². The summed E-state index contributed by atoms with van der Waals surface area (Å²) >= 11 is 1.73. The zero-order chi connectivity index (χ0) is 14.9. The van der Waals surface area contributed by atoms with Crippen molar-refractivity contribution in [3.63, 3.8) is 0 Å². The zero-order valence-electron chi connectivity index (χ0n) is 13.3. The van der Waals surface area contributed by atoms with E-state index in [0.717, 1.165) is 24.8 Å². The molecular formula is C16H30FNS. The third kappa shape index (κ3) is 8.48. The summed E-state index contributed by atoms with van der Waals surface area (Å²) in [6.07, 6.45) is 7.43. The molecule has 0 spiro atoms. The molecule has 1 N–H and O–H groups in total. The maximum Gasteiger partial charge on any atom is 0.101 e. The molecule has 1 nitrogen and oxygen atoms in total. The lowest BCUT2D eigenvalue weighted by atomic mass is 9.97. The van der Waals surface area contributed by atoms with Crippen LogP contribution in [0, 0.1) is 0 Å². The van der Waals surface area contributed by atoms with Crippen molar-refractivity contribution in [2.75, 3.05) is 0 Å². The highest BCUT2D eigenvalue weighted by atomic mass is 32.2. The Bertz CT molecular complexity index is 302. The Balaban J connectivity index is 0.00000154. The van der Waals surface area contributed by atoms with E-state index in [0.29, 0.717) is 6.42 Å². The van der Waals surface area contributed by atoms with Crippen molar-refractivity contribution in [3.05, 3.63) is 23.6 Å². The van der Waals surface area contributed by atoms with Crippen molar-refractivity contribution in [1.82, 2.24) is 4.72 Å². The van der Waals surface area contributed by atoms with E-state index >= 15 is 0 Å². The van der Waals surface area contributed by atoms with Gasteiger partial charge in [0.2, 0.25) is 0 Å². The maximum absolute atomic E-state index is 13.3. The average Bonchev–Trinajstić information content (AvgIpc) is 2.36. The highest BCUT2D eigenvalue weighted by Gasteiger charge is 2.18. The van der Waals surface area contributed by atoms with Gasteiger partial charge in [-0.05, 0) is 45.3 Å². The van der Waals surface area contributed by atoms with Crippen LogP contribution in [-0.4, -0.2) is 10.8 Å². The van der Waals surface area contributed by atoms with Crippen molar-refractivity contribution in [2.24, 2.45) is 0 Å². The van der Waals surface area contributed by atoms with Gasteiger partial charge in [0.25, 0.3) is 0 Å². The minimum absolute atomic E-state index is 0.0196. The lowest BCUT2D eigenvalue weighted by molar-refractivity contribution is 0.570. The van der Waals surface area contributed by atoms with Gasteiger partial charge in [-0.1, -0.05) is 45.2 Å². The number of hydrogen-bond acceptors (Lipinski definition) is 2. The first kappa shape index (κ1) is 18.7. The van der Waals surface area contributed by atoms with E-state index in [1.54, 1.807) is 18.0 Å².